The van der Waals surface area contributed by atoms with Crippen molar-refractivity contribution in [2.75, 3.05) is 0 Å². The number of aromatic nitrogens is 4. The lowest BCUT2D eigenvalue weighted by Gasteiger charge is -2.13. The van der Waals surface area contributed by atoms with E-state index in [0.717, 1.165) is 11.3 Å². The Kier molecular flexibility index (Phi) is 4.01. The van der Waals surface area contributed by atoms with Gasteiger partial charge in [0.2, 0.25) is 5.91 Å². The van der Waals surface area contributed by atoms with Crippen molar-refractivity contribution in [1.82, 2.24) is 24.9 Å². The Bertz CT molecular complexity index is 674. The van der Waals surface area contributed by atoms with Crippen molar-refractivity contribution < 1.29 is 9.72 Å². The number of rotatable bonds is 5. The van der Waals surface area contributed by atoms with Crippen LogP contribution in [0.4, 0.5) is 5.82 Å². The van der Waals surface area contributed by atoms with Crippen molar-refractivity contribution in [3.05, 3.63) is 39.8 Å². The number of carbonyl (C=O) groups is 1. The first-order valence-electron chi connectivity index (χ1n) is 6.34. The molecule has 0 saturated heterocycles. The van der Waals surface area contributed by atoms with Gasteiger partial charge in [0.15, 0.2) is 0 Å². The van der Waals surface area contributed by atoms with Gasteiger partial charge in [-0.1, -0.05) is 0 Å². The molecule has 9 nitrogen and oxygen atoms in total. The molecule has 9 heteroatoms. The lowest BCUT2D eigenvalue weighted by Crippen LogP contribution is -2.30. The summed E-state index contributed by atoms with van der Waals surface area (Å²) in [6, 6.07) is 1.05. The Morgan fingerprint density at radius 1 is 1.57 bits per heavy atom. The van der Waals surface area contributed by atoms with Crippen molar-refractivity contribution in [2.45, 2.75) is 26.4 Å². The van der Waals surface area contributed by atoms with E-state index in [1.54, 1.807) is 10.9 Å². The van der Waals surface area contributed by atoms with Crippen LogP contribution in [0.15, 0.2) is 18.5 Å². The zero-order valence-corrected chi connectivity index (χ0v) is 12.0. The molecule has 0 saturated carbocycles. The Labute approximate surface area is 120 Å². The van der Waals surface area contributed by atoms with Gasteiger partial charge in [-0.2, -0.15) is 9.78 Å². The predicted molar refractivity (Wildman–Crippen MR) is 73.4 cm³/mol. The summed E-state index contributed by atoms with van der Waals surface area (Å²) in [5.74, 6) is -0.553. The minimum absolute atomic E-state index is 0.0719. The Balaban J connectivity index is 1.97. The second-order valence-electron chi connectivity index (χ2n) is 4.73. The van der Waals surface area contributed by atoms with Crippen LogP contribution in [-0.2, 0) is 18.4 Å². The molecule has 0 radical (unpaired) electrons. The maximum atomic E-state index is 11.9. The smallest absolute Gasteiger partial charge is 0.358 e. The van der Waals surface area contributed by atoms with Crippen molar-refractivity contribution in [2.24, 2.45) is 7.05 Å². The molecule has 1 amide bonds. The average molecular weight is 292 g/mol. The largest absolute Gasteiger partial charge is 0.389 e. The number of nitrogens with zero attached hydrogens (tertiary/aromatic N) is 5. The molecular weight excluding hydrogens is 276 g/mol. The highest BCUT2D eigenvalue weighted by Gasteiger charge is 2.17. The van der Waals surface area contributed by atoms with E-state index < -0.39 is 4.92 Å². The SMILES string of the molecule is Cc1c(C(C)NC(=O)Cn2ccc([N+](=O)[O-])n2)cnn1C. The molecule has 1 atom stereocenters. The van der Waals surface area contributed by atoms with Gasteiger partial charge >= 0.3 is 5.82 Å². The molecule has 2 aromatic heterocycles. The summed E-state index contributed by atoms with van der Waals surface area (Å²) in [7, 11) is 1.83. The highest BCUT2D eigenvalue weighted by Crippen LogP contribution is 2.15. The number of carbonyl (C=O) groups excluding carboxylic acids is 1. The summed E-state index contributed by atoms with van der Waals surface area (Å²) in [4.78, 5) is 21.8. The predicted octanol–water partition coefficient (Wildman–Crippen LogP) is 0.711. The van der Waals surface area contributed by atoms with Crippen LogP contribution in [0.2, 0.25) is 0 Å². The number of hydrogen-bond acceptors (Lipinski definition) is 5. The summed E-state index contributed by atoms with van der Waals surface area (Å²) in [6.07, 6.45) is 3.11. The van der Waals surface area contributed by atoms with E-state index in [1.807, 2.05) is 20.9 Å². The van der Waals surface area contributed by atoms with Crippen LogP contribution < -0.4 is 5.32 Å². The molecule has 2 rings (SSSR count). The first kappa shape index (κ1) is 14.7. The van der Waals surface area contributed by atoms with Crippen molar-refractivity contribution in [3.63, 3.8) is 0 Å². The van der Waals surface area contributed by atoms with Crippen LogP contribution in [-0.4, -0.2) is 30.4 Å². The van der Waals surface area contributed by atoms with E-state index in [1.165, 1.54) is 16.9 Å². The summed E-state index contributed by atoms with van der Waals surface area (Å²) in [5.41, 5.74) is 1.90. The third kappa shape index (κ3) is 3.25. The van der Waals surface area contributed by atoms with Crippen LogP contribution in [0.25, 0.3) is 0 Å². The average Bonchev–Trinajstić information content (AvgIpc) is 2.98. The van der Waals surface area contributed by atoms with Crippen LogP contribution in [0.3, 0.4) is 0 Å². The fourth-order valence-electron chi connectivity index (χ4n) is 1.99. The van der Waals surface area contributed by atoms with Gasteiger partial charge in [-0.05, 0) is 18.8 Å². The van der Waals surface area contributed by atoms with Crippen LogP contribution >= 0.6 is 0 Å². The van der Waals surface area contributed by atoms with Crippen LogP contribution in [0.5, 0.6) is 0 Å². The van der Waals surface area contributed by atoms with Gasteiger partial charge in [-0.3, -0.25) is 9.48 Å². The Hall–Kier alpha value is -2.71. The second-order valence-corrected chi connectivity index (χ2v) is 4.73. The third-order valence-electron chi connectivity index (χ3n) is 3.24. The number of nitrogens with one attached hydrogen (secondary N) is 1. The zero-order valence-electron chi connectivity index (χ0n) is 12.0. The minimum Gasteiger partial charge on any atom is -0.358 e. The molecule has 0 spiro atoms. The molecule has 0 aliphatic rings. The molecule has 2 heterocycles. The maximum Gasteiger partial charge on any atom is 0.389 e. The molecule has 1 unspecified atom stereocenters. The monoisotopic (exact) mass is 292 g/mol. The van der Waals surface area contributed by atoms with Crippen molar-refractivity contribution in [1.29, 1.82) is 0 Å². The highest BCUT2D eigenvalue weighted by atomic mass is 16.6. The topological polar surface area (TPSA) is 108 Å². The van der Waals surface area contributed by atoms with Gasteiger partial charge in [-0.25, -0.2) is 0 Å². The number of nitro groups is 1. The highest BCUT2D eigenvalue weighted by molar-refractivity contribution is 5.76. The van der Waals surface area contributed by atoms with E-state index in [-0.39, 0.29) is 24.3 Å². The molecule has 0 aliphatic carbocycles. The first-order valence-corrected chi connectivity index (χ1v) is 6.34. The van der Waals surface area contributed by atoms with Crippen LogP contribution in [0.1, 0.15) is 24.2 Å². The molecule has 0 aliphatic heterocycles. The van der Waals surface area contributed by atoms with E-state index in [2.05, 4.69) is 15.5 Å². The lowest BCUT2D eigenvalue weighted by molar-refractivity contribution is -0.389. The van der Waals surface area contributed by atoms with Crippen molar-refractivity contribution in [3.8, 4) is 0 Å². The van der Waals surface area contributed by atoms with Crippen LogP contribution in [0, 0.1) is 17.0 Å². The van der Waals surface area contributed by atoms with Gasteiger partial charge in [0.25, 0.3) is 0 Å². The molecular formula is C12H16N6O3. The molecule has 1 N–H and O–H groups in total. The maximum absolute atomic E-state index is 11.9. The van der Waals surface area contributed by atoms with Gasteiger partial charge in [-0.15, -0.1) is 0 Å². The Morgan fingerprint density at radius 2 is 2.29 bits per heavy atom. The molecule has 2 aromatic rings. The standard InChI is InChI=1S/C12H16N6O3/c1-8(10-6-13-16(3)9(10)2)14-12(19)7-17-5-4-11(15-17)18(20)21/h4-6,8H,7H2,1-3H3,(H,14,19). The molecule has 0 aromatic carbocycles. The van der Waals surface area contributed by atoms with E-state index in [4.69, 9.17) is 0 Å². The second kappa shape index (κ2) is 5.73. The quantitative estimate of drug-likeness (QED) is 0.645. The summed E-state index contributed by atoms with van der Waals surface area (Å²) >= 11 is 0. The minimum atomic E-state index is -0.601. The van der Waals surface area contributed by atoms with E-state index in [9.17, 15) is 14.9 Å². The van der Waals surface area contributed by atoms with Gasteiger partial charge in [0.1, 0.15) is 6.54 Å². The first-order chi connectivity index (χ1) is 9.88. The summed E-state index contributed by atoms with van der Waals surface area (Å²) in [6.45, 7) is 3.70. The molecule has 0 bridgehead atoms. The molecule has 112 valence electrons. The van der Waals surface area contributed by atoms with Gasteiger partial charge < -0.3 is 15.4 Å². The fraction of sp³-hybridized carbons (Fsp3) is 0.417. The molecule has 21 heavy (non-hydrogen) atoms. The summed E-state index contributed by atoms with van der Waals surface area (Å²) < 4.78 is 2.96. The molecule has 0 fully saturated rings. The van der Waals surface area contributed by atoms with E-state index >= 15 is 0 Å². The fourth-order valence-corrected chi connectivity index (χ4v) is 1.99. The number of amides is 1. The number of aryl methyl sites for hydroxylation is 1. The van der Waals surface area contributed by atoms with Gasteiger partial charge in [0, 0.05) is 18.3 Å². The van der Waals surface area contributed by atoms with E-state index in [0.29, 0.717) is 0 Å². The van der Waals surface area contributed by atoms with Crippen molar-refractivity contribution >= 4 is 11.7 Å². The number of hydrogen-bond donors (Lipinski definition) is 1. The zero-order chi connectivity index (χ0) is 15.6. The third-order valence-corrected chi connectivity index (χ3v) is 3.24. The summed E-state index contributed by atoms with van der Waals surface area (Å²) in [5, 5.41) is 21.2. The van der Waals surface area contributed by atoms with Gasteiger partial charge in [0.05, 0.1) is 29.6 Å². The lowest BCUT2D eigenvalue weighted by atomic mass is 10.1. The Morgan fingerprint density at radius 3 is 2.81 bits per heavy atom. The normalized spacial score (nSPS) is 12.1.